The zero-order chi connectivity index (χ0) is 13.4. The minimum absolute atomic E-state index is 0.0824. The molecular weight excluding hydrogens is 228 g/mol. The van der Waals surface area contributed by atoms with E-state index >= 15 is 0 Å². The monoisotopic (exact) mass is 246 g/mol. The van der Waals surface area contributed by atoms with Gasteiger partial charge in [-0.3, -0.25) is 4.79 Å². The number of unbranched alkanes of at least 4 members (excludes halogenated alkanes) is 1. The van der Waals surface area contributed by atoms with Crippen LogP contribution in [0.15, 0.2) is 24.3 Å². The highest BCUT2D eigenvalue weighted by Crippen LogP contribution is 2.14. The fraction of sp³-hybridized carbons (Fsp3) is 0.429. The molecule has 0 aliphatic carbocycles. The normalized spacial score (nSPS) is 9.89. The predicted molar refractivity (Wildman–Crippen MR) is 69.4 cm³/mol. The highest BCUT2D eigenvalue weighted by atomic mass is 16.5. The molecule has 1 N–H and O–H groups in total. The van der Waals surface area contributed by atoms with E-state index < -0.39 is 0 Å². The Balaban J connectivity index is 2.55. The number of hydrogen-bond donors (Lipinski definition) is 1. The lowest BCUT2D eigenvalue weighted by molar-refractivity contribution is 0.0952. The molecular formula is C14H18N2O2. The Kier molecular flexibility index (Phi) is 5.72. The lowest BCUT2D eigenvalue weighted by atomic mass is 10.2. The van der Waals surface area contributed by atoms with Gasteiger partial charge in [0.15, 0.2) is 0 Å². The zero-order valence-electron chi connectivity index (χ0n) is 10.8. The molecule has 1 amide bonds. The Morgan fingerprint density at radius 3 is 2.94 bits per heavy atom. The van der Waals surface area contributed by atoms with Crippen molar-refractivity contribution in [2.75, 3.05) is 6.54 Å². The van der Waals surface area contributed by atoms with Gasteiger partial charge in [0.05, 0.1) is 12.2 Å². The summed E-state index contributed by atoms with van der Waals surface area (Å²) in [4.78, 5) is 11.8. The number of benzene rings is 1. The van der Waals surface area contributed by atoms with Gasteiger partial charge < -0.3 is 10.1 Å². The maximum absolute atomic E-state index is 11.8. The molecule has 0 fully saturated rings. The van der Waals surface area contributed by atoms with Crippen LogP contribution < -0.4 is 10.1 Å². The van der Waals surface area contributed by atoms with Crippen LogP contribution in [-0.2, 0) is 0 Å². The molecule has 0 heterocycles. The summed E-state index contributed by atoms with van der Waals surface area (Å²) in [5.41, 5.74) is 0.574. The summed E-state index contributed by atoms with van der Waals surface area (Å²) in [6, 6.07) is 9.12. The molecule has 0 radical (unpaired) electrons. The molecule has 0 bridgehead atoms. The van der Waals surface area contributed by atoms with Crippen molar-refractivity contribution in [3.63, 3.8) is 0 Å². The second-order valence-corrected chi connectivity index (χ2v) is 4.21. The molecule has 18 heavy (non-hydrogen) atoms. The molecule has 0 saturated heterocycles. The first-order chi connectivity index (χ1) is 8.63. The molecule has 0 atom stereocenters. The molecule has 0 saturated carbocycles. The van der Waals surface area contributed by atoms with Gasteiger partial charge >= 0.3 is 0 Å². The largest absolute Gasteiger partial charge is 0.491 e. The number of nitrogens with zero attached hydrogens (tertiary/aromatic N) is 1. The second-order valence-electron chi connectivity index (χ2n) is 4.21. The van der Waals surface area contributed by atoms with Crippen LogP contribution in [0, 0.1) is 11.3 Å². The summed E-state index contributed by atoms with van der Waals surface area (Å²) in [5.74, 6) is 0.553. The summed E-state index contributed by atoms with van der Waals surface area (Å²) < 4.78 is 5.52. The van der Waals surface area contributed by atoms with E-state index in [0.717, 1.165) is 0 Å². The first-order valence-corrected chi connectivity index (χ1v) is 6.05. The van der Waals surface area contributed by atoms with Crippen molar-refractivity contribution in [2.24, 2.45) is 0 Å². The lowest BCUT2D eigenvalue weighted by Gasteiger charge is -2.10. The number of amides is 1. The van der Waals surface area contributed by atoms with E-state index in [2.05, 4.69) is 5.32 Å². The van der Waals surface area contributed by atoms with Gasteiger partial charge in [-0.05, 0) is 38.5 Å². The Hall–Kier alpha value is -2.02. The molecule has 4 heteroatoms. The Labute approximate surface area is 108 Å². The van der Waals surface area contributed by atoms with E-state index in [1.807, 2.05) is 26.0 Å². The van der Waals surface area contributed by atoms with Gasteiger partial charge in [-0.2, -0.15) is 5.26 Å². The highest BCUT2D eigenvalue weighted by Gasteiger charge is 2.06. The van der Waals surface area contributed by atoms with Crippen molar-refractivity contribution in [2.45, 2.75) is 32.8 Å². The molecule has 1 aromatic carbocycles. The number of nitrogens with one attached hydrogen (secondary N) is 1. The van der Waals surface area contributed by atoms with E-state index in [9.17, 15) is 4.79 Å². The Morgan fingerprint density at radius 2 is 2.28 bits per heavy atom. The average Bonchev–Trinajstić information content (AvgIpc) is 2.34. The molecule has 0 aliphatic rings. The van der Waals surface area contributed by atoms with Crippen LogP contribution in [0.1, 0.15) is 37.0 Å². The molecule has 0 aromatic heterocycles. The van der Waals surface area contributed by atoms with Crippen molar-refractivity contribution in [1.82, 2.24) is 5.32 Å². The summed E-state index contributed by atoms with van der Waals surface area (Å²) >= 11 is 0. The first kappa shape index (κ1) is 14.0. The molecule has 0 spiro atoms. The fourth-order valence-electron chi connectivity index (χ4n) is 1.45. The molecule has 96 valence electrons. The third kappa shape index (κ3) is 4.88. The number of ether oxygens (including phenoxy) is 1. The summed E-state index contributed by atoms with van der Waals surface area (Å²) in [7, 11) is 0. The highest BCUT2D eigenvalue weighted by molar-refractivity contribution is 5.94. The minimum atomic E-state index is -0.137. The molecule has 0 unspecified atom stereocenters. The van der Waals surface area contributed by atoms with Crippen LogP contribution >= 0.6 is 0 Å². The second kappa shape index (κ2) is 7.33. The van der Waals surface area contributed by atoms with Gasteiger partial charge in [-0.1, -0.05) is 6.07 Å². The van der Waals surface area contributed by atoms with E-state index in [1.165, 1.54) is 0 Å². The number of nitriles is 1. The number of carbonyl (C=O) groups is 1. The van der Waals surface area contributed by atoms with Crippen LogP contribution in [0.2, 0.25) is 0 Å². The maximum Gasteiger partial charge on any atom is 0.251 e. The van der Waals surface area contributed by atoms with Crippen LogP contribution in [0.3, 0.4) is 0 Å². The van der Waals surface area contributed by atoms with Crippen LogP contribution in [-0.4, -0.2) is 18.6 Å². The van der Waals surface area contributed by atoms with Crippen LogP contribution in [0.4, 0.5) is 0 Å². The van der Waals surface area contributed by atoms with Gasteiger partial charge in [0, 0.05) is 18.5 Å². The summed E-state index contributed by atoms with van der Waals surface area (Å²) in [6.07, 6.45) is 1.21. The van der Waals surface area contributed by atoms with Gasteiger partial charge in [0.25, 0.3) is 5.91 Å². The zero-order valence-corrected chi connectivity index (χ0v) is 10.8. The summed E-state index contributed by atoms with van der Waals surface area (Å²) in [6.45, 7) is 4.39. The number of carbonyl (C=O) groups excluding carboxylic acids is 1. The third-order valence-electron chi connectivity index (χ3n) is 2.22. The van der Waals surface area contributed by atoms with Crippen molar-refractivity contribution >= 4 is 5.91 Å². The smallest absolute Gasteiger partial charge is 0.251 e. The lowest BCUT2D eigenvalue weighted by Crippen LogP contribution is -2.24. The molecule has 4 nitrogen and oxygen atoms in total. The predicted octanol–water partition coefficient (Wildman–Crippen LogP) is 2.51. The maximum atomic E-state index is 11.8. The van der Waals surface area contributed by atoms with E-state index in [0.29, 0.717) is 30.7 Å². The van der Waals surface area contributed by atoms with Gasteiger partial charge in [-0.25, -0.2) is 0 Å². The Bertz CT molecular complexity index is 436. The van der Waals surface area contributed by atoms with Crippen molar-refractivity contribution < 1.29 is 9.53 Å². The van der Waals surface area contributed by atoms with Crippen molar-refractivity contribution in [1.29, 1.82) is 5.26 Å². The standard InChI is InChI=1S/C14H18N2O2/c1-11(2)18-13-7-5-6-12(10-13)14(17)16-9-4-3-8-15/h5-7,10-11H,3-4,9H2,1-2H3,(H,16,17). The van der Waals surface area contributed by atoms with Gasteiger partial charge in [-0.15, -0.1) is 0 Å². The average molecular weight is 246 g/mol. The molecule has 1 aromatic rings. The number of hydrogen-bond acceptors (Lipinski definition) is 3. The van der Waals surface area contributed by atoms with Gasteiger partial charge in [0.2, 0.25) is 0 Å². The molecule has 1 rings (SSSR count). The van der Waals surface area contributed by atoms with Gasteiger partial charge in [0.1, 0.15) is 5.75 Å². The number of rotatable bonds is 6. The van der Waals surface area contributed by atoms with Crippen LogP contribution in [0.5, 0.6) is 5.75 Å². The Morgan fingerprint density at radius 1 is 1.50 bits per heavy atom. The summed E-state index contributed by atoms with van der Waals surface area (Å²) in [5, 5.41) is 11.2. The topological polar surface area (TPSA) is 62.1 Å². The fourth-order valence-corrected chi connectivity index (χ4v) is 1.45. The van der Waals surface area contributed by atoms with E-state index in [1.54, 1.807) is 18.2 Å². The quantitative estimate of drug-likeness (QED) is 0.784. The third-order valence-corrected chi connectivity index (χ3v) is 2.22. The molecule has 0 aliphatic heterocycles. The first-order valence-electron chi connectivity index (χ1n) is 6.05. The van der Waals surface area contributed by atoms with E-state index in [-0.39, 0.29) is 12.0 Å². The van der Waals surface area contributed by atoms with E-state index in [4.69, 9.17) is 10.00 Å². The minimum Gasteiger partial charge on any atom is -0.491 e. The SMILES string of the molecule is CC(C)Oc1cccc(C(=O)NCCCC#N)c1. The van der Waals surface area contributed by atoms with Crippen molar-refractivity contribution in [3.05, 3.63) is 29.8 Å². The van der Waals surface area contributed by atoms with Crippen molar-refractivity contribution in [3.8, 4) is 11.8 Å². The van der Waals surface area contributed by atoms with Crippen LogP contribution in [0.25, 0.3) is 0 Å².